The first-order valence-electron chi connectivity index (χ1n) is 11.9. The molecule has 4 nitrogen and oxygen atoms in total. The Bertz CT molecular complexity index is 790. The highest BCUT2D eigenvalue weighted by Gasteiger charge is 2.22. The molecule has 4 heteroatoms. The van der Waals surface area contributed by atoms with Gasteiger partial charge in [0.1, 0.15) is 0 Å². The van der Waals surface area contributed by atoms with E-state index in [-0.39, 0.29) is 10.8 Å². The molecule has 2 rings (SSSR count). The van der Waals surface area contributed by atoms with Crippen molar-refractivity contribution in [1.82, 2.24) is 10.6 Å². The Morgan fingerprint density at radius 3 is 1.09 bits per heavy atom. The van der Waals surface area contributed by atoms with Crippen LogP contribution in [0.2, 0.25) is 0 Å². The Labute approximate surface area is 197 Å². The predicted octanol–water partition coefficient (Wildman–Crippen LogP) is 5.44. The van der Waals surface area contributed by atoms with Gasteiger partial charge in [0.05, 0.1) is 0 Å². The fourth-order valence-corrected chi connectivity index (χ4v) is 4.73. The third-order valence-electron chi connectivity index (χ3n) is 6.59. The molecule has 0 saturated carbocycles. The molecule has 0 fully saturated rings. The Hall–Kier alpha value is -2.04. The number of rotatable bonds is 11. The molecule has 0 saturated heterocycles. The van der Waals surface area contributed by atoms with Gasteiger partial charge in [-0.1, -0.05) is 52.0 Å². The molecular formula is C28H46N4. The van der Waals surface area contributed by atoms with Crippen LogP contribution in [-0.4, -0.2) is 40.3 Å². The number of hydrogen-bond donors (Lipinski definition) is 4. The van der Waals surface area contributed by atoms with Crippen LogP contribution in [0.4, 0.5) is 11.4 Å². The maximum absolute atomic E-state index is 3.67. The molecule has 2 aromatic rings. The van der Waals surface area contributed by atoms with E-state index >= 15 is 0 Å². The van der Waals surface area contributed by atoms with Crippen molar-refractivity contribution >= 4 is 11.4 Å². The Morgan fingerprint density at radius 2 is 0.844 bits per heavy atom. The summed E-state index contributed by atoms with van der Waals surface area (Å²) in [6.07, 6.45) is 0. The zero-order valence-corrected chi connectivity index (χ0v) is 22.1. The average Bonchev–Trinajstić information content (AvgIpc) is 2.68. The van der Waals surface area contributed by atoms with Gasteiger partial charge in [0.2, 0.25) is 0 Å². The number of nitrogens with one attached hydrogen (secondary N) is 4. The molecule has 0 radical (unpaired) electrons. The van der Waals surface area contributed by atoms with E-state index in [4.69, 9.17) is 0 Å². The quantitative estimate of drug-likeness (QED) is 0.353. The minimum absolute atomic E-state index is 0.118. The van der Waals surface area contributed by atoms with E-state index in [9.17, 15) is 0 Å². The first-order valence-corrected chi connectivity index (χ1v) is 11.9. The van der Waals surface area contributed by atoms with Gasteiger partial charge >= 0.3 is 0 Å². The molecule has 0 aliphatic carbocycles. The number of likely N-dealkylation sites (N-methyl/N-ethyl adjacent to an activating group) is 2. The molecule has 0 bridgehead atoms. The monoisotopic (exact) mass is 438 g/mol. The summed E-state index contributed by atoms with van der Waals surface area (Å²) in [5.74, 6) is 0. The fourth-order valence-electron chi connectivity index (χ4n) is 4.73. The summed E-state index contributed by atoms with van der Waals surface area (Å²) in [5.41, 5.74) is 10.8. The summed E-state index contributed by atoms with van der Waals surface area (Å²) in [5, 5.41) is 14.0. The Morgan fingerprint density at radius 1 is 0.562 bits per heavy atom. The second-order valence-corrected chi connectivity index (χ2v) is 10.7. The smallest absolute Gasteiger partial charge is 0.0400 e. The molecular weight excluding hydrogens is 392 g/mol. The lowest BCUT2D eigenvalue weighted by atomic mass is 9.82. The van der Waals surface area contributed by atoms with E-state index in [0.29, 0.717) is 0 Å². The number of anilines is 2. The maximum atomic E-state index is 3.67. The first kappa shape index (κ1) is 26.2. The van der Waals surface area contributed by atoms with Crippen molar-refractivity contribution < 1.29 is 0 Å². The summed E-state index contributed by atoms with van der Waals surface area (Å²) in [6.45, 7) is 21.7. The van der Waals surface area contributed by atoms with Gasteiger partial charge in [-0.3, -0.25) is 0 Å². The van der Waals surface area contributed by atoms with Gasteiger partial charge in [-0.25, -0.2) is 0 Å². The second-order valence-electron chi connectivity index (χ2n) is 10.7. The van der Waals surface area contributed by atoms with Crippen molar-refractivity contribution in [3.63, 3.8) is 0 Å². The lowest BCUT2D eigenvalue weighted by Crippen LogP contribution is -2.31. The van der Waals surface area contributed by atoms with Gasteiger partial charge in [-0.05, 0) is 75.2 Å². The molecule has 0 heterocycles. The van der Waals surface area contributed by atoms with Gasteiger partial charge < -0.3 is 21.3 Å². The highest BCUT2D eigenvalue weighted by molar-refractivity contribution is 5.61. The minimum atomic E-state index is 0.118. The molecule has 0 aliphatic rings. The summed E-state index contributed by atoms with van der Waals surface area (Å²) >= 11 is 0. The van der Waals surface area contributed by atoms with Gasteiger partial charge in [-0.15, -0.1) is 0 Å². The topological polar surface area (TPSA) is 48.1 Å². The first-order chi connectivity index (χ1) is 14.9. The largest absolute Gasteiger partial charge is 0.383 e. The van der Waals surface area contributed by atoms with Gasteiger partial charge in [0, 0.05) is 48.4 Å². The molecule has 32 heavy (non-hydrogen) atoms. The highest BCUT2D eigenvalue weighted by atomic mass is 15.0. The van der Waals surface area contributed by atoms with Crippen molar-refractivity contribution in [2.45, 2.75) is 66.2 Å². The Kier molecular flexibility index (Phi) is 8.78. The molecule has 0 aliphatic heterocycles. The summed E-state index contributed by atoms with van der Waals surface area (Å²) in [7, 11) is 4.04. The SMILES string of the molecule is CNCC(C)(C)c1cc(C)c(NCCNc2c(C)cc(C(C)(C)CNC)cc2C)c(C)c1. The minimum Gasteiger partial charge on any atom is -0.383 e. The third kappa shape index (κ3) is 6.26. The molecule has 4 N–H and O–H groups in total. The van der Waals surface area contributed by atoms with Gasteiger partial charge in [-0.2, -0.15) is 0 Å². The zero-order chi connectivity index (χ0) is 24.1. The van der Waals surface area contributed by atoms with Crippen molar-refractivity contribution in [3.8, 4) is 0 Å². The van der Waals surface area contributed by atoms with Crippen molar-refractivity contribution in [2.75, 3.05) is 50.9 Å². The molecule has 2 aromatic carbocycles. The van der Waals surface area contributed by atoms with Gasteiger partial charge in [0.25, 0.3) is 0 Å². The Balaban J connectivity index is 2.05. The average molecular weight is 439 g/mol. The maximum Gasteiger partial charge on any atom is 0.0400 e. The van der Waals surface area contributed by atoms with E-state index in [1.165, 1.54) is 44.8 Å². The molecule has 0 spiro atoms. The van der Waals surface area contributed by atoms with Crippen molar-refractivity contribution in [3.05, 3.63) is 57.6 Å². The summed E-state index contributed by atoms with van der Waals surface area (Å²) < 4.78 is 0. The summed E-state index contributed by atoms with van der Waals surface area (Å²) in [4.78, 5) is 0. The van der Waals surface area contributed by atoms with E-state index < -0.39 is 0 Å². The van der Waals surface area contributed by atoms with Crippen LogP contribution in [0, 0.1) is 27.7 Å². The lowest BCUT2D eigenvalue weighted by molar-refractivity contribution is 0.493. The standard InChI is InChI=1S/C28H46N4/c1-19-13-23(27(5,6)17-29-9)14-20(2)25(19)31-11-12-32-26-21(3)15-24(16-22(26)4)28(7,8)18-30-10/h13-16,29-32H,11-12,17-18H2,1-10H3. The lowest BCUT2D eigenvalue weighted by Gasteiger charge is -2.27. The van der Waals surface area contributed by atoms with Crippen LogP contribution in [0.5, 0.6) is 0 Å². The summed E-state index contributed by atoms with van der Waals surface area (Å²) in [6, 6.07) is 9.33. The third-order valence-corrected chi connectivity index (χ3v) is 6.59. The van der Waals surface area contributed by atoms with E-state index in [1.807, 2.05) is 14.1 Å². The molecule has 0 atom stereocenters. The van der Waals surface area contributed by atoms with Crippen LogP contribution in [0.25, 0.3) is 0 Å². The van der Waals surface area contributed by atoms with E-state index in [1.54, 1.807) is 0 Å². The molecule has 178 valence electrons. The molecule has 0 unspecified atom stereocenters. The van der Waals surface area contributed by atoms with Crippen LogP contribution in [0.1, 0.15) is 61.1 Å². The van der Waals surface area contributed by atoms with Crippen LogP contribution < -0.4 is 21.3 Å². The van der Waals surface area contributed by atoms with E-state index in [2.05, 4.69) is 101 Å². The van der Waals surface area contributed by atoms with Crippen LogP contribution in [-0.2, 0) is 10.8 Å². The number of aryl methyl sites for hydroxylation is 4. The second kappa shape index (κ2) is 10.7. The van der Waals surface area contributed by atoms with Crippen LogP contribution in [0.3, 0.4) is 0 Å². The predicted molar refractivity (Wildman–Crippen MR) is 143 cm³/mol. The van der Waals surface area contributed by atoms with Crippen LogP contribution >= 0.6 is 0 Å². The fraction of sp³-hybridized carbons (Fsp3) is 0.571. The number of hydrogen-bond acceptors (Lipinski definition) is 4. The zero-order valence-electron chi connectivity index (χ0n) is 22.1. The van der Waals surface area contributed by atoms with Crippen molar-refractivity contribution in [2.24, 2.45) is 0 Å². The van der Waals surface area contributed by atoms with Crippen molar-refractivity contribution in [1.29, 1.82) is 0 Å². The highest BCUT2D eigenvalue weighted by Crippen LogP contribution is 2.31. The van der Waals surface area contributed by atoms with Crippen LogP contribution in [0.15, 0.2) is 24.3 Å². The molecule has 0 aromatic heterocycles. The van der Waals surface area contributed by atoms with E-state index in [0.717, 1.165) is 26.2 Å². The van der Waals surface area contributed by atoms with Gasteiger partial charge in [0.15, 0.2) is 0 Å². The normalized spacial score (nSPS) is 12.2. The number of benzene rings is 2. The molecule has 0 amide bonds.